The van der Waals surface area contributed by atoms with E-state index < -0.39 is 18.0 Å². The fourth-order valence-corrected chi connectivity index (χ4v) is 5.24. The first-order chi connectivity index (χ1) is 16.3. The Bertz CT molecular complexity index is 1040. The Morgan fingerprint density at radius 2 is 1.94 bits per heavy atom. The maximum absolute atomic E-state index is 14.2. The van der Waals surface area contributed by atoms with E-state index in [0.717, 1.165) is 24.5 Å². The van der Waals surface area contributed by atoms with Crippen LogP contribution in [0.3, 0.4) is 0 Å². The number of carbonyl (C=O) groups excluding carboxylic acids is 1. The van der Waals surface area contributed by atoms with Gasteiger partial charge in [0.1, 0.15) is 11.6 Å². The van der Waals surface area contributed by atoms with Crippen LogP contribution in [-0.2, 0) is 4.79 Å². The molecular weight excluding hydrogens is 459 g/mol. The Morgan fingerprint density at radius 3 is 2.53 bits per heavy atom. The number of piperidine rings is 1. The van der Waals surface area contributed by atoms with Gasteiger partial charge in [-0.25, -0.2) is 14.2 Å². The van der Waals surface area contributed by atoms with E-state index in [2.05, 4.69) is 9.88 Å². The summed E-state index contributed by atoms with van der Waals surface area (Å²) in [6, 6.07) is 8.16. The van der Waals surface area contributed by atoms with Crippen molar-refractivity contribution in [1.82, 2.24) is 14.8 Å². The summed E-state index contributed by atoms with van der Waals surface area (Å²) in [5, 5.41) is 9.76. The molecule has 0 spiro atoms. The van der Waals surface area contributed by atoms with Gasteiger partial charge < -0.3 is 19.8 Å². The monoisotopic (exact) mass is 488 g/mol. The summed E-state index contributed by atoms with van der Waals surface area (Å²) in [7, 11) is 0. The van der Waals surface area contributed by atoms with Crippen molar-refractivity contribution in [2.24, 2.45) is 5.92 Å². The maximum Gasteiger partial charge on any atom is 0.407 e. The van der Waals surface area contributed by atoms with Crippen molar-refractivity contribution in [3.8, 4) is 0 Å². The molecule has 4 rings (SSSR count). The van der Waals surface area contributed by atoms with Gasteiger partial charge in [-0.15, -0.1) is 0 Å². The van der Waals surface area contributed by atoms with Gasteiger partial charge in [-0.3, -0.25) is 4.79 Å². The predicted octanol–water partition coefficient (Wildman–Crippen LogP) is 4.39. The molecule has 0 radical (unpaired) electrons. The molecule has 2 aliphatic heterocycles. The van der Waals surface area contributed by atoms with Crippen LogP contribution in [0.5, 0.6) is 0 Å². The minimum Gasteiger partial charge on any atom is -0.465 e. The van der Waals surface area contributed by atoms with E-state index in [0.29, 0.717) is 31.5 Å². The van der Waals surface area contributed by atoms with Gasteiger partial charge in [0.2, 0.25) is 5.91 Å². The summed E-state index contributed by atoms with van der Waals surface area (Å²) in [4.78, 5) is 35.1. The second-order valence-corrected chi connectivity index (χ2v) is 9.52. The molecule has 34 heavy (non-hydrogen) atoms. The van der Waals surface area contributed by atoms with Gasteiger partial charge in [-0.05, 0) is 56.0 Å². The van der Waals surface area contributed by atoms with E-state index in [1.54, 1.807) is 17.9 Å². The van der Waals surface area contributed by atoms with Crippen LogP contribution in [0.25, 0.3) is 0 Å². The van der Waals surface area contributed by atoms with Crippen molar-refractivity contribution < 1.29 is 19.1 Å². The highest BCUT2D eigenvalue weighted by molar-refractivity contribution is 6.30. The standard InChI is InChI=1S/C25H30ClFN4O3/c1-3-31(25(33)34)22-15-30(14-19(22)18-5-6-20(26)21(27)12-18)24(32)17-8-10-29(11-9-17)23-7-4-16(2)13-28-23/h4-7,12-13,17,19,22H,3,8-11,14-15H2,1-2H3,(H,33,34)/t19-,22+/m0/s1. The number of anilines is 1. The normalized spacial score (nSPS) is 21.1. The molecule has 9 heteroatoms. The van der Waals surface area contributed by atoms with E-state index >= 15 is 0 Å². The Morgan fingerprint density at radius 1 is 1.21 bits per heavy atom. The summed E-state index contributed by atoms with van der Waals surface area (Å²) < 4.78 is 14.2. The lowest BCUT2D eigenvalue weighted by Gasteiger charge is -2.34. The van der Waals surface area contributed by atoms with Gasteiger partial charge in [0.25, 0.3) is 0 Å². The van der Waals surface area contributed by atoms with Crippen LogP contribution >= 0.6 is 11.6 Å². The summed E-state index contributed by atoms with van der Waals surface area (Å²) in [6.07, 6.45) is 2.23. The summed E-state index contributed by atoms with van der Waals surface area (Å²) in [6.45, 7) is 6.20. The SMILES string of the molecule is CCN(C(=O)O)[C@@H]1CN(C(=O)C2CCN(c3ccc(C)cn3)CC2)C[C@H]1c1ccc(Cl)c(F)c1. The third-order valence-electron chi connectivity index (χ3n) is 7.02. The molecule has 0 bridgehead atoms. The van der Waals surface area contributed by atoms with Crippen LogP contribution in [0, 0.1) is 18.7 Å². The second kappa shape index (κ2) is 10.2. The van der Waals surface area contributed by atoms with Crippen molar-refractivity contribution in [3.05, 3.63) is 58.5 Å². The summed E-state index contributed by atoms with van der Waals surface area (Å²) in [5.74, 6) is -0.0211. The van der Waals surface area contributed by atoms with Crippen LogP contribution in [0.2, 0.25) is 5.02 Å². The minimum atomic E-state index is -1.04. The number of aryl methyl sites for hydroxylation is 1. The van der Waals surface area contributed by atoms with Gasteiger partial charge in [-0.2, -0.15) is 0 Å². The number of amides is 2. The van der Waals surface area contributed by atoms with E-state index in [4.69, 9.17) is 11.6 Å². The van der Waals surface area contributed by atoms with E-state index in [1.165, 1.54) is 17.0 Å². The van der Waals surface area contributed by atoms with Crippen LogP contribution in [0.15, 0.2) is 36.5 Å². The third-order valence-corrected chi connectivity index (χ3v) is 7.33. The Hall–Kier alpha value is -2.87. The molecular formula is C25H30ClFN4O3. The summed E-state index contributed by atoms with van der Waals surface area (Å²) in [5.41, 5.74) is 1.76. The van der Waals surface area contributed by atoms with Crippen LogP contribution in [0.1, 0.15) is 36.8 Å². The van der Waals surface area contributed by atoms with Crippen molar-refractivity contribution in [2.45, 2.75) is 38.6 Å². The predicted molar refractivity (Wildman–Crippen MR) is 129 cm³/mol. The number of halogens is 2. The van der Waals surface area contributed by atoms with Crippen LogP contribution in [-0.4, -0.2) is 70.7 Å². The number of hydrogen-bond donors (Lipinski definition) is 1. The molecule has 1 aromatic heterocycles. The zero-order valence-electron chi connectivity index (χ0n) is 19.5. The topological polar surface area (TPSA) is 77.0 Å². The number of nitrogens with zero attached hydrogens (tertiary/aromatic N) is 4. The molecule has 2 aromatic rings. The van der Waals surface area contributed by atoms with Gasteiger partial charge in [0.05, 0.1) is 11.1 Å². The molecule has 182 valence electrons. The number of carboxylic acid groups (broad SMARTS) is 1. The molecule has 2 saturated heterocycles. The fourth-order valence-electron chi connectivity index (χ4n) is 5.13. The summed E-state index contributed by atoms with van der Waals surface area (Å²) >= 11 is 5.86. The van der Waals surface area contributed by atoms with Crippen molar-refractivity contribution >= 4 is 29.4 Å². The largest absolute Gasteiger partial charge is 0.465 e. The van der Waals surface area contributed by atoms with E-state index in [-0.39, 0.29) is 29.3 Å². The number of rotatable bonds is 5. The first-order valence-electron chi connectivity index (χ1n) is 11.7. The lowest BCUT2D eigenvalue weighted by molar-refractivity contribution is -0.135. The first-order valence-corrected chi connectivity index (χ1v) is 12.1. The molecule has 1 aromatic carbocycles. The zero-order chi connectivity index (χ0) is 24.4. The number of pyridine rings is 1. The maximum atomic E-state index is 14.2. The Balaban J connectivity index is 1.48. The average Bonchev–Trinajstić information content (AvgIpc) is 3.26. The van der Waals surface area contributed by atoms with Gasteiger partial charge in [-0.1, -0.05) is 23.7 Å². The number of likely N-dealkylation sites (tertiary alicyclic amines) is 1. The Labute approximate surface area is 204 Å². The highest BCUT2D eigenvalue weighted by Crippen LogP contribution is 2.35. The quantitative estimate of drug-likeness (QED) is 0.675. The molecule has 1 N–H and O–H groups in total. The molecule has 2 aliphatic rings. The molecule has 0 saturated carbocycles. The lowest BCUT2D eigenvalue weighted by Crippen LogP contribution is -2.45. The first kappa shape index (κ1) is 24.3. The van der Waals surface area contributed by atoms with Gasteiger partial charge in [0, 0.05) is 50.8 Å². The highest BCUT2D eigenvalue weighted by atomic mass is 35.5. The number of benzene rings is 1. The number of hydrogen-bond acceptors (Lipinski definition) is 4. The highest BCUT2D eigenvalue weighted by Gasteiger charge is 2.42. The van der Waals surface area contributed by atoms with Gasteiger partial charge >= 0.3 is 6.09 Å². The van der Waals surface area contributed by atoms with Crippen molar-refractivity contribution in [1.29, 1.82) is 0 Å². The molecule has 0 aliphatic carbocycles. The molecule has 0 unspecified atom stereocenters. The number of likely N-dealkylation sites (N-methyl/N-ethyl adjacent to an activating group) is 1. The van der Waals surface area contributed by atoms with Crippen LogP contribution in [0.4, 0.5) is 15.0 Å². The number of aromatic nitrogens is 1. The average molecular weight is 489 g/mol. The number of carbonyl (C=O) groups is 2. The van der Waals surface area contributed by atoms with Crippen molar-refractivity contribution in [3.63, 3.8) is 0 Å². The smallest absolute Gasteiger partial charge is 0.407 e. The zero-order valence-corrected chi connectivity index (χ0v) is 20.2. The second-order valence-electron chi connectivity index (χ2n) is 9.11. The third kappa shape index (κ3) is 4.97. The van der Waals surface area contributed by atoms with Gasteiger partial charge in [0.15, 0.2) is 0 Å². The lowest BCUT2D eigenvalue weighted by atomic mass is 9.93. The molecule has 2 amide bonds. The molecule has 7 nitrogen and oxygen atoms in total. The molecule has 3 heterocycles. The molecule has 2 atom stereocenters. The van der Waals surface area contributed by atoms with Crippen molar-refractivity contribution in [2.75, 3.05) is 37.6 Å². The molecule has 2 fully saturated rings. The van der Waals surface area contributed by atoms with Crippen LogP contribution < -0.4 is 4.90 Å². The van der Waals surface area contributed by atoms with E-state index in [1.807, 2.05) is 25.3 Å². The minimum absolute atomic E-state index is 0.0200. The Kier molecular flexibility index (Phi) is 7.26. The fraction of sp³-hybridized carbons (Fsp3) is 0.480. The van der Waals surface area contributed by atoms with E-state index in [9.17, 15) is 19.1 Å².